The molecular weight excluding hydrogens is 905 g/mol. The summed E-state index contributed by atoms with van der Waals surface area (Å²) in [5, 5.41) is 6.74. The maximum Gasteiger partial charge on any atom is 0.268 e. The number of hydrogen-bond donors (Lipinski definition) is 0. The summed E-state index contributed by atoms with van der Waals surface area (Å²) in [7, 11) is 0. The number of amides is 2. The van der Waals surface area contributed by atoms with Crippen molar-refractivity contribution < 1.29 is 9.59 Å². The fraction of sp³-hybridized carbons (Fsp3) is 0. The van der Waals surface area contributed by atoms with E-state index in [1.807, 2.05) is 97.1 Å². The van der Waals surface area contributed by atoms with Gasteiger partial charge in [-0.2, -0.15) is 0 Å². The first-order valence-corrected chi connectivity index (χ1v) is 25.0. The van der Waals surface area contributed by atoms with Gasteiger partial charge in [0.25, 0.3) is 11.8 Å². The maximum atomic E-state index is 16.1. The molecule has 3 aromatic heterocycles. The first kappa shape index (κ1) is 41.7. The second kappa shape index (κ2) is 16.2. The van der Waals surface area contributed by atoms with Gasteiger partial charge in [-0.25, -0.2) is 4.90 Å². The Bertz CT molecular complexity index is 4300. The SMILES string of the molecule is O=C1c2cccc(-n3c4cc(-n5c6ccccc6c6ccccc65)ccc4c4ccc(-n5c6ccccc6c6ccccc65)cc43)c2C(=O)N1c1c(-c2ccccc2)cc(-c2ccccc2)cc1-c1ccccc1. The average Bonchev–Trinajstić information content (AvgIpc) is 4.18. The van der Waals surface area contributed by atoms with E-state index < -0.39 is 0 Å². The topological polar surface area (TPSA) is 52.2 Å². The molecule has 0 radical (unpaired) electrons. The van der Waals surface area contributed by atoms with Gasteiger partial charge < -0.3 is 13.7 Å². The molecule has 0 spiro atoms. The Morgan fingerprint density at radius 3 is 1.09 bits per heavy atom. The number of anilines is 1. The highest BCUT2D eigenvalue weighted by atomic mass is 16.2. The molecule has 15 rings (SSSR count). The third-order valence-corrected chi connectivity index (χ3v) is 15.2. The number of benzene rings is 11. The van der Waals surface area contributed by atoms with E-state index in [0.717, 1.165) is 88.6 Å². The molecule has 74 heavy (non-hydrogen) atoms. The van der Waals surface area contributed by atoms with E-state index in [1.54, 1.807) is 0 Å². The number of aromatic nitrogens is 3. The Hall–Kier alpha value is -10.0. The van der Waals surface area contributed by atoms with E-state index in [2.05, 4.69) is 171 Å². The minimum atomic E-state index is -0.380. The Labute approximate surface area is 425 Å². The fourth-order valence-corrected chi connectivity index (χ4v) is 11.9. The lowest BCUT2D eigenvalue weighted by Crippen LogP contribution is -2.30. The van der Waals surface area contributed by atoms with E-state index >= 15 is 9.59 Å². The molecule has 14 aromatic rings. The van der Waals surface area contributed by atoms with Crippen LogP contribution in [0.2, 0.25) is 0 Å². The van der Waals surface area contributed by atoms with E-state index in [-0.39, 0.29) is 11.8 Å². The second-order valence-corrected chi connectivity index (χ2v) is 19.1. The Morgan fingerprint density at radius 1 is 0.257 bits per heavy atom. The van der Waals surface area contributed by atoms with Crippen molar-refractivity contribution in [3.8, 4) is 50.4 Å². The van der Waals surface area contributed by atoms with Crippen molar-refractivity contribution >= 4 is 82.9 Å². The maximum absolute atomic E-state index is 16.1. The summed E-state index contributed by atoms with van der Waals surface area (Å²) in [4.78, 5) is 33.1. The van der Waals surface area contributed by atoms with Crippen LogP contribution in [0, 0.1) is 0 Å². The molecule has 0 unspecified atom stereocenters. The molecular formula is C68H42N4O2. The van der Waals surface area contributed by atoms with Gasteiger partial charge in [-0.1, -0.05) is 182 Å². The van der Waals surface area contributed by atoms with Crippen LogP contribution in [0.15, 0.2) is 255 Å². The number of nitrogens with zero attached hydrogens (tertiary/aromatic N) is 4. The first-order valence-electron chi connectivity index (χ1n) is 25.0. The molecule has 0 bridgehead atoms. The lowest BCUT2D eigenvalue weighted by molar-refractivity contribution is 0.0926. The predicted octanol–water partition coefficient (Wildman–Crippen LogP) is 16.8. The number of rotatable bonds is 7. The van der Waals surface area contributed by atoms with E-state index in [4.69, 9.17) is 0 Å². The lowest BCUT2D eigenvalue weighted by atomic mass is 9.90. The van der Waals surface area contributed by atoms with Gasteiger partial charge in [-0.3, -0.25) is 9.59 Å². The van der Waals surface area contributed by atoms with E-state index in [1.165, 1.54) is 26.4 Å². The van der Waals surface area contributed by atoms with Crippen molar-refractivity contribution in [3.63, 3.8) is 0 Å². The molecule has 1 aliphatic rings. The van der Waals surface area contributed by atoms with Crippen molar-refractivity contribution in [1.82, 2.24) is 13.7 Å². The largest absolute Gasteiger partial charge is 0.309 e. The summed E-state index contributed by atoms with van der Waals surface area (Å²) < 4.78 is 6.88. The third kappa shape index (κ3) is 6.12. The summed E-state index contributed by atoms with van der Waals surface area (Å²) in [5.74, 6) is -0.749. The smallest absolute Gasteiger partial charge is 0.268 e. The molecule has 6 heteroatoms. The molecule has 4 heterocycles. The minimum Gasteiger partial charge on any atom is -0.309 e. The van der Waals surface area contributed by atoms with Crippen molar-refractivity contribution in [2.24, 2.45) is 0 Å². The van der Waals surface area contributed by atoms with Crippen LogP contribution >= 0.6 is 0 Å². The average molecular weight is 947 g/mol. The van der Waals surface area contributed by atoms with Crippen molar-refractivity contribution in [3.05, 3.63) is 266 Å². The lowest BCUT2D eigenvalue weighted by Gasteiger charge is -2.24. The standard InChI is InChI=1S/C68H42N4O2/c73-67-55-29-18-34-62(65(55)68(74)72(67)66-56(44-21-6-2-7-22-44)39-46(43-19-4-1-5-20-43)40-57(66)45-23-8-3-9-24-45)71-63-41-47(69-58-30-14-10-25-49(58)50-26-11-15-31-59(50)69)35-37-53(63)54-38-36-48(42-64(54)71)70-60-32-16-12-27-51(60)52-28-13-17-33-61(52)70/h1-42H. The molecule has 2 amide bonds. The number of hydrogen-bond acceptors (Lipinski definition) is 2. The van der Waals surface area contributed by atoms with Crippen molar-refractivity contribution in [1.29, 1.82) is 0 Å². The van der Waals surface area contributed by atoms with Gasteiger partial charge in [0, 0.05) is 54.8 Å². The number of para-hydroxylation sites is 4. The summed E-state index contributed by atoms with van der Waals surface area (Å²) in [6.07, 6.45) is 0. The highest BCUT2D eigenvalue weighted by Gasteiger charge is 2.42. The Morgan fingerprint density at radius 2 is 0.649 bits per heavy atom. The van der Waals surface area contributed by atoms with Crippen LogP contribution in [0.5, 0.6) is 0 Å². The normalized spacial score (nSPS) is 12.6. The Balaban J connectivity index is 1.01. The molecule has 346 valence electrons. The number of imide groups is 1. The van der Waals surface area contributed by atoms with Crippen LogP contribution in [0.25, 0.3) is 116 Å². The molecule has 0 N–H and O–H groups in total. The van der Waals surface area contributed by atoms with Crippen LogP contribution in [0.3, 0.4) is 0 Å². The zero-order valence-electron chi connectivity index (χ0n) is 39.9. The van der Waals surface area contributed by atoms with Crippen molar-refractivity contribution in [2.45, 2.75) is 0 Å². The molecule has 0 saturated heterocycles. The van der Waals surface area contributed by atoms with Crippen LogP contribution in [-0.2, 0) is 0 Å². The highest BCUT2D eigenvalue weighted by molar-refractivity contribution is 6.37. The van der Waals surface area contributed by atoms with E-state index in [9.17, 15) is 0 Å². The molecule has 0 saturated carbocycles. The number of carbonyl (C=O) groups is 2. The number of carbonyl (C=O) groups excluding carboxylic acids is 2. The number of fused-ring (bicyclic) bond motifs is 10. The van der Waals surface area contributed by atoms with Crippen LogP contribution in [0.1, 0.15) is 20.7 Å². The van der Waals surface area contributed by atoms with Crippen LogP contribution < -0.4 is 4.90 Å². The molecule has 11 aromatic carbocycles. The predicted molar refractivity (Wildman–Crippen MR) is 303 cm³/mol. The zero-order valence-corrected chi connectivity index (χ0v) is 39.9. The summed E-state index contributed by atoms with van der Waals surface area (Å²) in [6.45, 7) is 0. The minimum absolute atomic E-state index is 0.352. The molecule has 6 nitrogen and oxygen atoms in total. The van der Waals surface area contributed by atoms with Crippen molar-refractivity contribution in [2.75, 3.05) is 4.90 Å². The molecule has 0 atom stereocenters. The second-order valence-electron chi connectivity index (χ2n) is 19.1. The van der Waals surface area contributed by atoms with Gasteiger partial charge in [0.1, 0.15) is 0 Å². The first-order chi connectivity index (χ1) is 36.6. The van der Waals surface area contributed by atoms with Crippen LogP contribution in [-0.4, -0.2) is 25.5 Å². The van der Waals surface area contributed by atoms with Gasteiger partial charge in [-0.15, -0.1) is 0 Å². The summed E-state index contributed by atoms with van der Waals surface area (Å²) in [5.41, 5.74) is 15.4. The Kier molecular flexibility index (Phi) is 9.16. The summed E-state index contributed by atoms with van der Waals surface area (Å²) >= 11 is 0. The summed E-state index contributed by atoms with van der Waals surface area (Å²) in [6, 6.07) is 87.9. The van der Waals surface area contributed by atoms with Gasteiger partial charge in [0.15, 0.2) is 0 Å². The molecule has 0 fully saturated rings. The molecule has 0 aliphatic carbocycles. The third-order valence-electron chi connectivity index (χ3n) is 15.2. The monoisotopic (exact) mass is 946 g/mol. The van der Waals surface area contributed by atoms with Gasteiger partial charge >= 0.3 is 0 Å². The van der Waals surface area contributed by atoms with Gasteiger partial charge in [0.2, 0.25) is 0 Å². The zero-order chi connectivity index (χ0) is 49.0. The van der Waals surface area contributed by atoms with Gasteiger partial charge in [-0.05, 0) is 95.1 Å². The van der Waals surface area contributed by atoms with Gasteiger partial charge in [0.05, 0.1) is 55.6 Å². The quantitative estimate of drug-likeness (QED) is 0.150. The fourth-order valence-electron chi connectivity index (χ4n) is 11.9. The highest BCUT2D eigenvalue weighted by Crippen LogP contribution is 2.48. The van der Waals surface area contributed by atoms with Crippen LogP contribution in [0.4, 0.5) is 5.69 Å². The molecule has 1 aliphatic heterocycles. The van der Waals surface area contributed by atoms with E-state index in [0.29, 0.717) is 22.5 Å².